The number of carbonyl (C=O) groups excluding carboxylic acids is 2. The smallest absolute Gasteiger partial charge is 0.350 e. The SMILES string of the molecule is NC(=O)Cc1ccc2oc(-c3ccnc(C(=O)N4CCN(C(c5ccccc5)c5nnn(C(F)F)n5)CC4)c3F)nc2c1. The van der Waals surface area contributed by atoms with Gasteiger partial charge in [0.15, 0.2) is 22.9 Å². The van der Waals surface area contributed by atoms with Crippen molar-refractivity contribution in [1.29, 1.82) is 0 Å². The van der Waals surface area contributed by atoms with Crippen molar-refractivity contribution in [1.82, 2.24) is 40.0 Å². The number of piperazine rings is 1. The molecule has 0 spiro atoms. The maximum atomic E-state index is 15.7. The van der Waals surface area contributed by atoms with Gasteiger partial charge in [0, 0.05) is 32.4 Å². The number of fused-ring (bicyclic) bond motifs is 1. The number of hydrogen-bond acceptors (Lipinski definition) is 9. The molecule has 2 amide bonds. The predicted octanol–water partition coefficient (Wildman–Crippen LogP) is 2.99. The Morgan fingerprint density at radius 3 is 2.49 bits per heavy atom. The van der Waals surface area contributed by atoms with Crippen molar-refractivity contribution < 1.29 is 27.2 Å². The normalized spacial score (nSPS) is 14.8. The lowest BCUT2D eigenvalue weighted by Gasteiger charge is -2.38. The third kappa shape index (κ3) is 5.66. The van der Waals surface area contributed by atoms with Gasteiger partial charge in [-0.25, -0.2) is 14.4 Å². The molecule has 12 nitrogen and oxygen atoms in total. The van der Waals surface area contributed by atoms with Crippen LogP contribution in [-0.2, 0) is 11.2 Å². The molecule has 1 aliphatic heterocycles. The Bertz CT molecular complexity index is 1790. The van der Waals surface area contributed by atoms with Crippen molar-refractivity contribution in [2.75, 3.05) is 26.2 Å². The van der Waals surface area contributed by atoms with Crippen molar-refractivity contribution in [2.45, 2.75) is 19.0 Å². The fourth-order valence-electron chi connectivity index (χ4n) is 5.08. The van der Waals surface area contributed by atoms with E-state index in [1.54, 1.807) is 18.2 Å². The van der Waals surface area contributed by atoms with Crippen LogP contribution in [0, 0.1) is 5.82 Å². The van der Waals surface area contributed by atoms with E-state index in [-0.39, 0.29) is 47.3 Å². The summed E-state index contributed by atoms with van der Waals surface area (Å²) in [5.41, 5.74) is 7.03. The number of halogens is 3. The van der Waals surface area contributed by atoms with Crippen LogP contribution in [0.5, 0.6) is 0 Å². The summed E-state index contributed by atoms with van der Waals surface area (Å²) < 4.78 is 47.7. The average molecular weight is 592 g/mol. The topological polar surface area (TPSA) is 149 Å². The van der Waals surface area contributed by atoms with Crippen molar-refractivity contribution in [2.24, 2.45) is 5.73 Å². The molecule has 1 aliphatic rings. The molecule has 1 atom stereocenters. The van der Waals surface area contributed by atoms with Gasteiger partial charge in [-0.2, -0.15) is 8.78 Å². The lowest BCUT2D eigenvalue weighted by molar-refractivity contribution is -0.117. The Morgan fingerprint density at radius 1 is 1.02 bits per heavy atom. The van der Waals surface area contributed by atoms with Crippen molar-refractivity contribution >= 4 is 22.9 Å². The lowest BCUT2D eigenvalue weighted by atomic mass is 10.0. The predicted molar refractivity (Wildman–Crippen MR) is 145 cm³/mol. The standard InChI is InChI=1S/C28H24F3N9O3/c29-22-18(26-34-19-14-16(15-21(32)41)6-7-20(19)43-26)8-9-33-23(22)27(42)39-12-10-38(11-13-39)24(17-4-2-1-3-5-17)25-35-37-40(36-25)28(30)31/h1-9,14,24,28H,10-13,15H2,(H2,32,41). The van der Waals surface area contributed by atoms with Gasteiger partial charge in [-0.05, 0) is 34.5 Å². The van der Waals surface area contributed by atoms with Crippen molar-refractivity contribution in [3.8, 4) is 11.5 Å². The number of aromatic nitrogens is 6. The molecule has 2 N–H and O–H groups in total. The van der Waals surface area contributed by atoms with Crippen LogP contribution in [0.15, 0.2) is 65.2 Å². The van der Waals surface area contributed by atoms with Crippen molar-refractivity contribution in [3.05, 3.63) is 89.3 Å². The van der Waals surface area contributed by atoms with Crippen LogP contribution < -0.4 is 5.73 Å². The van der Waals surface area contributed by atoms with Gasteiger partial charge in [-0.1, -0.05) is 41.2 Å². The molecule has 220 valence electrons. The highest BCUT2D eigenvalue weighted by molar-refractivity contribution is 5.94. The number of nitrogens with two attached hydrogens (primary N) is 1. The maximum Gasteiger partial charge on any atom is 0.350 e. The minimum Gasteiger partial charge on any atom is -0.436 e. The highest BCUT2D eigenvalue weighted by Crippen LogP contribution is 2.30. The molecule has 5 aromatic rings. The number of amides is 2. The molecule has 4 heterocycles. The number of oxazole rings is 1. The van der Waals surface area contributed by atoms with Crippen LogP contribution in [-0.4, -0.2) is 78.0 Å². The number of hydrogen-bond donors (Lipinski definition) is 1. The molecule has 3 aromatic heterocycles. The average Bonchev–Trinajstić information content (AvgIpc) is 3.65. The number of nitrogens with zero attached hydrogens (tertiary/aromatic N) is 8. The zero-order chi connectivity index (χ0) is 30.1. The highest BCUT2D eigenvalue weighted by Gasteiger charge is 2.33. The minimum absolute atomic E-state index is 0.0200. The minimum atomic E-state index is -2.93. The van der Waals surface area contributed by atoms with Crippen LogP contribution in [0.1, 0.15) is 40.0 Å². The first kappa shape index (κ1) is 28.0. The molecule has 15 heteroatoms. The zero-order valence-corrected chi connectivity index (χ0v) is 22.5. The second kappa shape index (κ2) is 11.6. The van der Waals surface area contributed by atoms with E-state index in [9.17, 15) is 18.4 Å². The Labute approximate surface area is 241 Å². The summed E-state index contributed by atoms with van der Waals surface area (Å²) in [4.78, 5) is 36.7. The third-order valence-electron chi connectivity index (χ3n) is 7.10. The number of pyridine rings is 1. The van der Waals surface area contributed by atoms with Gasteiger partial charge >= 0.3 is 6.55 Å². The Hall–Kier alpha value is -5.18. The summed E-state index contributed by atoms with van der Waals surface area (Å²) >= 11 is 0. The number of benzene rings is 2. The molecule has 1 unspecified atom stereocenters. The number of carbonyl (C=O) groups is 2. The summed E-state index contributed by atoms with van der Waals surface area (Å²) in [5.74, 6) is -1.93. The van der Waals surface area contributed by atoms with E-state index < -0.39 is 30.2 Å². The Morgan fingerprint density at radius 2 is 1.79 bits per heavy atom. The molecule has 0 saturated carbocycles. The van der Waals surface area contributed by atoms with Gasteiger partial charge in [0.05, 0.1) is 18.0 Å². The van der Waals surface area contributed by atoms with Crippen LogP contribution in [0.3, 0.4) is 0 Å². The molecular formula is C28H24F3N9O3. The van der Waals surface area contributed by atoms with Gasteiger partial charge in [0.1, 0.15) is 5.52 Å². The first-order valence-corrected chi connectivity index (χ1v) is 13.3. The van der Waals surface area contributed by atoms with Crippen LogP contribution in [0.2, 0.25) is 0 Å². The number of tetrazole rings is 1. The maximum absolute atomic E-state index is 15.7. The largest absolute Gasteiger partial charge is 0.436 e. The van der Waals surface area contributed by atoms with E-state index in [0.29, 0.717) is 29.8 Å². The van der Waals surface area contributed by atoms with Crippen LogP contribution in [0.25, 0.3) is 22.6 Å². The summed E-state index contributed by atoms with van der Waals surface area (Å²) in [5, 5.41) is 11.2. The molecule has 0 radical (unpaired) electrons. The number of rotatable bonds is 8. The van der Waals surface area contributed by atoms with Gasteiger partial charge < -0.3 is 15.1 Å². The summed E-state index contributed by atoms with van der Waals surface area (Å²) in [6, 6.07) is 14.8. The fourth-order valence-corrected chi connectivity index (χ4v) is 5.08. The number of alkyl halides is 2. The molecule has 1 saturated heterocycles. The second-order valence-corrected chi connectivity index (χ2v) is 9.87. The van der Waals surface area contributed by atoms with Crippen LogP contribution >= 0.6 is 0 Å². The monoisotopic (exact) mass is 591 g/mol. The highest BCUT2D eigenvalue weighted by atomic mass is 19.3. The number of primary amides is 1. The summed E-state index contributed by atoms with van der Waals surface area (Å²) in [6.45, 7) is -1.85. The van der Waals surface area contributed by atoms with E-state index in [1.807, 2.05) is 35.2 Å². The molecule has 6 rings (SSSR count). The van der Waals surface area contributed by atoms with Crippen molar-refractivity contribution in [3.63, 3.8) is 0 Å². The summed E-state index contributed by atoms with van der Waals surface area (Å²) in [7, 11) is 0. The molecule has 1 fully saturated rings. The van der Waals surface area contributed by atoms with Gasteiger partial charge in [-0.15, -0.1) is 10.2 Å². The molecular weight excluding hydrogens is 567 g/mol. The Kier molecular flexibility index (Phi) is 7.54. The zero-order valence-electron chi connectivity index (χ0n) is 22.5. The lowest BCUT2D eigenvalue weighted by Crippen LogP contribution is -2.50. The van der Waals surface area contributed by atoms with E-state index >= 15 is 4.39 Å². The van der Waals surface area contributed by atoms with Gasteiger partial charge in [0.25, 0.3) is 5.91 Å². The molecule has 43 heavy (non-hydrogen) atoms. The van der Waals surface area contributed by atoms with E-state index in [0.717, 1.165) is 5.56 Å². The molecule has 0 bridgehead atoms. The first-order chi connectivity index (χ1) is 20.8. The first-order valence-electron chi connectivity index (χ1n) is 13.3. The molecule has 0 aliphatic carbocycles. The third-order valence-corrected chi connectivity index (χ3v) is 7.10. The van der Waals surface area contributed by atoms with Gasteiger partial charge in [-0.3, -0.25) is 14.5 Å². The van der Waals surface area contributed by atoms with E-state index in [2.05, 4.69) is 25.4 Å². The Balaban J connectivity index is 1.21. The van der Waals surface area contributed by atoms with Gasteiger partial charge in [0.2, 0.25) is 11.8 Å². The summed E-state index contributed by atoms with van der Waals surface area (Å²) in [6.07, 6.45) is 1.32. The fraction of sp³-hybridized carbons (Fsp3) is 0.250. The van der Waals surface area contributed by atoms with E-state index in [4.69, 9.17) is 10.2 Å². The second-order valence-electron chi connectivity index (χ2n) is 9.87. The molecule has 2 aromatic carbocycles. The quantitative estimate of drug-likeness (QED) is 0.287. The van der Waals surface area contributed by atoms with Crippen LogP contribution in [0.4, 0.5) is 13.2 Å². The van der Waals surface area contributed by atoms with E-state index in [1.165, 1.54) is 17.2 Å².